The third-order valence-electron chi connectivity index (χ3n) is 3.62. The van der Waals surface area contributed by atoms with E-state index in [1.165, 1.54) is 19.4 Å². The first-order valence-electron chi connectivity index (χ1n) is 5.90. The summed E-state index contributed by atoms with van der Waals surface area (Å²) < 4.78 is 0. The maximum atomic E-state index is 10.3. The standard InChI is InChI=1S/C11H22N2O/c12-7-5-11(14)4-1-8-13(9-6-11)10-2-3-10/h10,14H,1-9,12H2. The van der Waals surface area contributed by atoms with E-state index in [4.69, 9.17) is 5.73 Å². The SMILES string of the molecule is NCCC1(O)CCCN(C2CC2)CC1. The fourth-order valence-corrected chi connectivity index (χ4v) is 2.52. The van der Waals surface area contributed by atoms with E-state index in [9.17, 15) is 5.11 Å². The van der Waals surface area contributed by atoms with Gasteiger partial charge in [0.25, 0.3) is 0 Å². The number of hydrogen-bond acceptors (Lipinski definition) is 3. The number of hydrogen-bond donors (Lipinski definition) is 2. The summed E-state index contributed by atoms with van der Waals surface area (Å²) in [6, 6.07) is 0.843. The third kappa shape index (κ3) is 2.47. The molecule has 1 heterocycles. The quantitative estimate of drug-likeness (QED) is 0.702. The van der Waals surface area contributed by atoms with Crippen LogP contribution in [0.4, 0.5) is 0 Å². The first kappa shape index (κ1) is 10.4. The molecule has 1 saturated heterocycles. The molecule has 1 aliphatic heterocycles. The molecule has 3 nitrogen and oxygen atoms in total. The molecule has 0 aromatic heterocycles. The minimum atomic E-state index is -0.460. The lowest BCUT2D eigenvalue weighted by atomic mass is 9.91. The van der Waals surface area contributed by atoms with Gasteiger partial charge >= 0.3 is 0 Å². The van der Waals surface area contributed by atoms with Gasteiger partial charge in [-0.3, -0.25) is 0 Å². The first-order chi connectivity index (χ1) is 6.73. The Morgan fingerprint density at radius 1 is 1.29 bits per heavy atom. The molecule has 3 heteroatoms. The van der Waals surface area contributed by atoms with E-state index >= 15 is 0 Å². The van der Waals surface area contributed by atoms with Crippen LogP contribution < -0.4 is 5.73 Å². The van der Waals surface area contributed by atoms with Crippen LogP contribution in [-0.2, 0) is 0 Å². The topological polar surface area (TPSA) is 49.5 Å². The molecule has 0 amide bonds. The Bertz CT molecular complexity index is 194. The fourth-order valence-electron chi connectivity index (χ4n) is 2.52. The molecule has 2 rings (SSSR count). The van der Waals surface area contributed by atoms with E-state index in [1.54, 1.807) is 0 Å². The zero-order valence-corrected chi connectivity index (χ0v) is 8.91. The molecular formula is C11H22N2O. The van der Waals surface area contributed by atoms with Crippen LogP contribution in [0.3, 0.4) is 0 Å². The van der Waals surface area contributed by atoms with Gasteiger partial charge in [-0.25, -0.2) is 0 Å². The first-order valence-corrected chi connectivity index (χ1v) is 5.90. The van der Waals surface area contributed by atoms with E-state index in [2.05, 4.69) is 4.90 Å². The highest BCUT2D eigenvalue weighted by molar-refractivity contribution is 4.90. The Balaban J connectivity index is 1.86. The van der Waals surface area contributed by atoms with E-state index in [1.807, 2.05) is 0 Å². The molecule has 1 aliphatic carbocycles. The number of aliphatic hydroxyl groups is 1. The highest BCUT2D eigenvalue weighted by Crippen LogP contribution is 2.32. The molecule has 3 N–H and O–H groups in total. The minimum absolute atomic E-state index is 0.460. The van der Waals surface area contributed by atoms with Gasteiger partial charge in [0.1, 0.15) is 0 Å². The molecular weight excluding hydrogens is 176 g/mol. The van der Waals surface area contributed by atoms with Gasteiger partial charge in [-0.2, -0.15) is 0 Å². The summed E-state index contributed by atoms with van der Waals surface area (Å²) in [4.78, 5) is 2.55. The van der Waals surface area contributed by atoms with Crippen LogP contribution in [0.25, 0.3) is 0 Å². The van der Waals surface area contributed by atoms with Gasteiger partial charge in [-0.05, 0) is 51.6 Å². The fraction of sp³-hybridized carbons (Fsp3) is 1.00. The van der Waals surface area contributed by atoms with Crippen molar-refractivity contribution in [1.82, 2.24) is 4.90 Å². The van der Waals surface area contributed by atoms with Crippen LogP contribution in [0, 0.1) is 0 Å². The highest BCUT2D eigenvalue weighted by Gasteiger charge is 2.34. The van der Waals surface area contributed by atoms with E-state index in [-0.39, 0.29) is 0 Å². The molecule has 82 valence electrons. The number of rotatable bonds is 3. The van der Waals surface area contributed by atoms with Crippen LogP contribution >= 0.6 is 0 Å². The lowest BCUT2D eigenvalue weighted by Gasteiger charge is -2.26. The zero-order chi connectivity index (χ0) is 10.0. The Labute approximate surface area is 86.3 Å². The van der Waals surface area contributed by atoms with Gasteiger partial charge in [0.05, 0.1) is 5.60 Å². The normalized spacial score (nSPS) is 35.6. The molecule has 1 atom stereocenters. The predicted molar refractivity (Wildman–Crippen MR) is 57.1 cm³/mol. The minimum Gasteiger partial charge on any atom is -0.390 e. The van der Waals surface area contributed by atoms with Crippen molar-refractivity contribution in [2.45, 2.75) is 50.2 Å². The summed E-state index contributed by atoms with van der Waals surface area (Å²) in [5.74, 6) is 0. The van der Waals surface area contributed by atoms with E-state index in [0.717, 1.165) is 38.3 Å². The number of likely N-dealkylation sites (tertiary alicyclic amines) is 1. The molecule has 14 heavy (non-hydrogen) atoms. The molecule has 0 aromatic carbocycles. The lowest BCUT2D eigenvalue weighted by molar-refractivity contribution is 0.0192. The smallest absolute Gasteiger partial charge is 0.0672 e. The van der Waals surface area contributed by atoms with Crippen LogP contribution in [0.15, 0.2) is 0 Å². The van der Waals surface area contributed by atoms with Gasteiger partial charge < -0.3 is 15.7 Å². The van der Waals surface area contributed by atoms with Gasteiger partial charge in [0, 0.05) is 12.6 Å². The van der Waals surface area contributed by atoms with Crippen molar-refractivity contribution in [2.24, 2.45) is 5.73 Å². The van der Waals surface area contributed by atoms with Gasteiger partial charge in [0.15, 0.2) is 0 Å². The summed E-state index contributed by atoms with van der Waals surface area (Å²) >= 11 is 0. The van der Waals surface area contributed by atoms with Gasteiger partial charge in [-0.15, -0.1) is 0 Å². The molecule has 0 radical (unpaired) electrons. The Kier molecular flexibility index (Phi) is 3.10. The molecule has 2 aliphatic rings. The Morgan fingerprint density at radius 2 is 2.07 bits per heavy atom. The summed E-state index contributed by atoms with van der Waals surface area (Å²) in [7, 11) is 0. The van der Waals surface area contributed by atoms with Gasteiger partial charge in [-0.1, -0.05) is 0 Å². The molecule has 0 bridgehead atoms. The summed E-state index contributed by atoms with van der Waals surface area (Å²) in [6.45, 7) is 2.86. The molecule has 0 spiro atoms. The number of nitrogens with two attached hydrogens (primary N) is 1. The monoisotopic (exact) mass is 198 g/mol. The predicted octanol–water partition coefficient (Wildman–Crippen LogP) is 0.715. The molecule has 2 fully saturated rings. The van der Waals surface area contributed by atoms with Crippen LogP contribution in [-0.4, -0.2) is 41.3 Å². The Hall–Kier alpha value is -0.120. The summed E-state index contributed by atoms with van der Waals surface area (Å²) in [5, 5.41) is 10.3. The van der Waals surface area contributed by atoms with Crippen molar-refractivity contribution in [3.05, 3.63) is 0 Å². The van der Waals surface area contributed by atoms with E-state index < -0.39 is 5.60 Å². The average Bonchev–Trinajstić information content (AvgIpc) is 2.92. The van der Waals surface area contributed by atoms with Crippen molar-refractivity contribution in [3.63, 3.8) is 0 Å². The van der Waals surface area contributed by atoms with Gasteiger partial charge in [0.2, 0.25) is 0 Å². The van der Waals surface area contributed by atoms with Crippen molar-refractivity contribution >= 4 is 0 Å². The van der Waals surface area contributed by atoms with Crippen LogP contribution in [0.1, 0.15) is 38.5 Å². The highest BCUT2D eigenvalue weighted by atomic mass is 16.3. The van der Waals surface area contributed by atoms with Crippen molar-refractivity contribution in [2.75, 3.05) is 19.6 Å². The molecule has 0 aromatic rings. The zero-order valence-electron chi connectivity index (χ0n) is 8.91. The van der Waals surface area contributed by atoms with Crippen molar-refractivity contribution < 1.29 is 5.11 Å². The second-order valence-electron chi connectivity index (χ2n) is 4.88. The number of nitrogens with zero attached hydrogens (tertiary/aromatic N) is 1. The Morgan fingerprint density at radius 3 is 2.71 bits per heavy atom. The second-order valence-corrected chi connectivity index (χ2v) is 4.88. The second kappa shape index (κ2) is 4.17. The summed E-state index contributed by atoms with van der Waals surface area (Å²) in [6.07, 6.45) is 6.50. The maximum absolute atomic E-state index is 10.3. The average molecular weight is 198 g/mol. The van der Waals surface area contributed by atoms with Crippen molar-refractivity contribution in [1.29, 1.82) is 0 Å². The summed E-state index contributed by atoms with van der Waals surface area (Å²) in [5.41, 5.74) is 5.07. The third-order valence-corrected chi connectivity index (χ3v) is 3.62. The lowest BCUT2D eigenvalue weighted by Crippen LogP contribution is -2.33. The largest absolute Gasteiger partial charge is 0.390 e. The van der Waals surface area contributed by atoms with E-state index in [0.29, 0.717) is 6.54 Å². The maximum Gasteiger partial charge on any atom is 0.0672 e. The molecule has 1 unspecified atom stereocenters. The van der Waals surface area contributed by atoms with Crippen LogP contribution in [0.5, 0.6) is 0 Å². The van der Waals surface area contributed by atoms with Crippen molar-refractivity contribution in [3.8, 4) is 0 Å². The van der Waals surface area contributed by atoms with Crippen LogP contribution in [0.2, 0.25) is 0 Å². The molecule has 1 saturated carbocycles.